The van der Waals surface area contributed by atoms with Gasteiger partial charge in [0.15, 0.2) is 5.78 Å². The highest BCUT2D eigenvalue weighted by Gasteiger charge is 2.26. The van der Waals surface area contributed by atoms with Crippen molar-refractivity contribution in [2.45, 2.75) is 19.9 Å². The van der Waals surface area contributed by atoms with Crippen LogP contribution in [-0.4, -0.2) is 33.1 Å². The lowest BCUT2D eigenvalue weighted by molar-refractivity contribution is 0.0728. The van der Waals surface area contributed by atoms with Gasteiger partial charge in [-0.25, -0.2) is 4.98 Å². The van der Waals surface area contributed by atoms with Crippen LogP contribution in [0.5, 0.6) is 0 Å². The Balaban J connectivity index is 1.57. The standard InChI is InChI=1S/C20H17N3O3/c1-13(24)14-4-2-5-15(10-14)20(25)23-9-7-18-17(12-23)22-19(26-18)16-6-3-8-21-11-16/h2-6,8,10-11H,7,9,12H2,1H3. The van der Waals surface area contributed by atoms with Gasteiger partial charge >= 0.3 is 0 Å². The molecule has 0 saturated heterocycles. The molecule has 0 fully saturated rings. The molecule has 3 aromatic rings. The fourth-order valence-corrected chi connectivity index (χ4v) is 3.04. The van der Waals surface area contributed by atoms with E-state index >= 15 is 0 Å². The summed E-state index contributed by atoms with van der Waals surface area (Å²) in [7, 11) is 0. The number of fused-ring (bicyclic) bond motifs is 1. The predicted molar refractivity (Wildman–Crippen MR) is 94.6 cm³/mol. The number of oxazole rings is 1. The van der Waals surface area contributed by atoms with Crippen molar-refractivity contribution < 1.29 is 14.0 Å². The smallest absolute Gasteiger partial charge is 0.254 e. The Morgan fingerprint density at radius 1 is 1.15 bits per heavy atom. The summed E-state index contributed by atoms with van der Waals surface area (Å²) >= 11 is 0. The molecule has 0 bridgehead atoms. The molecule has 0 radical (unpaired) electrons. The monoisotopic (exact) mass is 347 g/mol. The molecular weight excluding hydrogens is 330 g/mol. The zero-order valence-electron chi connectivity index (χ0n) is 14.3. The molecule has 0 aliphatic carbocycles. The molecule has 3 heterocycles. The number of benzene rings is 1. The van der Waals surface area contributed by atoms with Crippen LogP contribution in [0.4, 0.5) is 0 Å². The van der Waals surface area contributed by atoms with Gasteiger partial charge in [-0.3, -0.25) is 14.6 Å². The van der Waals surface area contributed by atoms with Gasteiger partial charge in [0.1, 0.15) is 11.5 Å². The minimum atomic E-state index is -0.107. The molecule has 0 atom stereocenters. The second-order valence-corrected chi connectivity index (χ2v) is 6.24. The number of amides is 1. The number of carbonyl (C=O) groups is 2. The van der Waals surface area contributed by atoms with E-state index < -0.39 is 0 Å². The molecule has 6 nitrogen and oxygen atoms in total. The molecule has 0 saturated carbocycles. The SMILES string of the molecule is CC(=O)c1cccc(C(=O)N2CCc3oc(-c4cccnc4)nc3C2)c1. The molecule has 0 N–H and O–H groups in total. The Kier molecular flexibility index (Phi) is 4.08. The van der Waals surface area contributed by atoms with Gasteiger partial charge in [-0.15, -0.1) is 0 Å². The molecule has 1 aliphatic rings. The van der Waals surface area contributed by atoms with Crippen molar-refractivity contribution in [3.8, 4) is 11.5 Å². The average molecular weight is 347 g/mol. The minimum absolute atomic E-state index is 0.0572. The van der Waals surface area contributed by atoms with Gasteiger partial charge in [-0.1, -0.05) is 12.1 Å². The van der Waals surface area contributed by atoms with E-state index in [0.29, 0.717) is 36.5 Å². The summed E-state index contributed by atoms with van der Waals surface area (Å²) in [5.74, 6) is 1.17. The number of rotatable bonds is 3. The summed E-state index contributed by atoms with van der Waals surface area (Å²) in [5.41, 5.74) is 2.63. The van der Waals surface area contributed by atoms with E-state index in [4.69, 9.17) is 4.42 Å². The summed E-state index contributed by atoms with van der Waals surface area (Å²) in [5, 5.41) is 0. The van der Waals surface area contributed by atoms with Crippen LogP contribution in [-0.2, 0) is 13.0 Å². The van der Waals surface area contributed by atoms with Crippen LogP contribution in [0.1, 0.15) is 39.1 Å². The van der Waals surface area contributed by atoms with Gasteiger partial charge in [0.25, 0.3) is 5.91 Å². The van der Waals surface area contributed by atoms with Crippen molar-refractivity contribution in [3.63, 3.8) is 0 Å². The van der Waals surface area contributed by atoms with Crippen LogP contribution in [0, 0.1) is 0 Å². The van der Waals surface area contributed by atoms with Crippen molar-refractivity contribution in [1.82, 2.24) is 14.9 Å². The van der Waals surface area contributed by atoms with Gasteiger partial charge in [0, 0.05) is 36.5 Å². The summed E-state index contributed by atoms with van der Waals surface area (Å²) in [6.45, 7) is 2.44. The number of hydrogen-bond acceptors (Lipinski definition) is 5. The van der Waals surface area contributed by atoms with Crippen LogP contribution in [0.25, 0.3) is 11.5 Å². The van der Waals surface area contributed by atoms with E-state index in [-0.39, 0.29) is 11.7 Å². The lowest BCUT2D eigenvalue weighted by Gasteiger charge is -2.25. The first kappa shape index (κ1) is 16.2. The molecular formula is C20H17N3O3. The summed E-state index contributed by atoms with van der Waals surface area (Å²) in [6.07, 6.45) is 4.01. The lowest BCUT2D eigenvalue weighted by atomic mass is 10.1. The van der Waals surface area contributed by atoms with Gasteiger partial charge in [-0.05, 0) is 31.2 Å². The number of Topliss-reactive ketones (excluding diaryl/α,β-unsaturated/α-hetero) is 1. The number of pyridine rings is 1. The lowest BCUT2D eigenvalue weighted by Crippen LogP contribution is -2.35. The highest BCUT2D eigenvalue weighted by Crippen LogP contribution is 2.26. The van der Waals surface area contributed by atoms with Crippen molar-refractivity contribution in [1.29, 1.82) is 0 Å². The Morgan fingerprint density at radius 3 is 2.77 bits per heavy atom. The van der Waals surface area contributed by atoms with Crippen molar-refractivity contribution in [2.75, 3.05) is 6.54 Å². The Morgan fingerprint density at radius 2 is 2.00 bits per heavy atom. The third-order valence-electron chi connectivity index (χ3n) is 4.44. The van der Waals surface area contributed by atoms with Crippen molar-refractivity contribution >= 4 is 11.7 Å². The van der Waals surface area contributed by atoms with E-state index in [1.165, 1.54) is 6.92 Å². The quantitative estimate of drug-likeness (QED) is 0.680. The van der Waals surface area contributed by atoms with E-state index in [9.17, 15) is 9.59 Å². The molecule has 130 valence electrons. The van der Waals surface area contributed by atoms with Crippen LogP contribution < -0.4 is 0 Å². The van der Waals surface area contributed by atoms with E-state index in [0.717, 1.165) is 17.0 Å². The third-order valence-corrected chi connectivity index (χ3v) is 4.44. The Hall–Kier alpha value is -3.28. The number of aromatic nitrogens is 2. The maximum atomic E-state index is 12.8. The molecule has 0 spiro atoms. The maximum Gasteiger partial charge on any atom is 0.254 e. The summed E-state index contributed by atoms with van der Waals surface area (Å²) in [6, 6.07) is 10.5. The van der Waals surface area contributed by atoms with Gasteiger partial charge in [-0.2, -0.15) is 0 Å². The van der Waals surface area contributed by atoms with Gasteiger partial charge < -0.3 is 9.32 Å². The van der Waals surface area contributed by atoms with Crippen LogP contribution in [0.15, 0.2) is 53.2 Å². The zero-order chi connectivity index (χ0) is 18.1. The Bertz CT molecular complexity index is 979. The number of carbonyl (C=O) groups excluding carboxylic acids is 2. The third kappa shape index (κ3) is 3.01. The first-order chi connectivity index (χ1) is 12.6. The number of ketones is 1. The van der Waals surface area contributed by atoms with E-state index in [1.807, 2.05) is 12.1 Å². The minimum Gasteiger partial charge on any atom is -0.441 e. The number of hydrogen-bond donors (Lipinski definition) is 0. The maximum absolute atomic E-state index is 12.8. The molecule has 4 rings (SSSR count). The second kappa shape index (κ2) is 6.55. The average Bonchev–Trinajstić information content (AvgIpc) is 3.11. The van der Waals surface area contributed by atoms with Crippen molar-refractivity contribution in [3.05, 3.63) is 71.4 Å². The van der Waals surface area contributed by atoms with E-state index in [2.05, 4.69) is 9.97 Å². The zero-order valence-corrected chi connectivity index (χ0v) is 14.3. The van der Waals surface area contributed by atoms with Gasteiger partial charge in [0.05, 0.1) is 12.1 Å². The van der Waals surface area contributed by atoms with Crippen LogP contribution >= 0.6 is 0 Å². The normalized spacial score (nSPS) is 13.3. The molecule has 1 aliphatic heterocycles. The molecule has 1 amide bonds. The largest absolute Gasteiger partial charge is 0.441 e. The molecule has 2 aromatic heterocycles. The van der Waals surface area contributed by atoms with E-state index in [1.54, 1.807) is 41.6 Å². The molecule has 0 unspecified atom stereocenters. The fraction of sp³-hybridized carbons (Fsp3) is 0.200. The fourth-order valence-electron chi connectivity index (χ4n) is 3.04. The predicted octanol–water partition coefficient (Wildman–Crippen LogP) is 3.14. The molecule has 1 aromatic carbocycles. The topological polar surface area (TPSA) is 76.3 Å². The Labute approximate surface area is 150 Å². The molecule has 6 heteroatoms. The van der Waals surface area contributed by atoms with Gasteiger partial charge in [0.2, 0.25) is 5.89 Å². The highest BCUT2D eigenvalue weighted by atomic mass is 16.4. The van der Waals surface area contributed by atoms with Crippen LogP contribution in [0.2, 0.25) is 0 Å². The first-order valence-electron chi connectivity index (χ1n) is 8.41. The second-order valence-electron chi connectivity index (χ2n) is 6.24. The first-order valence-corrected chi connectivity index (χ1v) is 8.41. The summed E-state index contributed by atoms with van der Waals surface area (Å²) in [4.78, 5) is 34.7. The highest BCUT2D eigenvalue weighted by molar-refractivity contribution is 5.99. The molecule has 26 heavy (non-hydrogen) atoms. The summed E-state index contributed by atoms with van der Waals surface area (Å²) < 4.78 is 5.84. The van der Waals surface area contributed by atoms with Crippen LogP contribution in [0.3, 0.4) is 0 Å². The number of nitrogens with zero attached hydrogens (tertiary/aromatic N) is 3. The van der Waals surface area contributed by atoms with Crippen molar-refractivity contribution in [2.24, 2.45) is 0 Å².